The summed E-state index contributed by atoms with van der Waals surface area (Å²) >= 11 is 6.10. The van der Waals surface area contributed by atoms with Gasteiger partial charge in [0.15, 0.2) is 11.5 Å². The number of hydrogen-bond acceptors (Lipinski definition) is 4. The van der Waals surface area contributed by atoms with Crippen molar-refractivity contribution in [1.29, 1.82) is 0 Å². The predicted octanol–water partition coefficient (Wildman–Crippen LogP) is 4.10. The zero-order valence-corrected chi connectivity index (χ0v) is 18.8. The van der Waals surface area contributed by atoms with Crippen molar-refractivity contribution >= 4 is 23.4 Å². The molecule has 0 unspecified atom stereocenters. The van der Waals surface area contributed by atoms with Crippen LogP contribution in [0, 0.1) is 0 Å². The van der Waals surface area contributed by atoms with Crippen LogP contribution in [0.1, 0.15) is 42.1 Å². The molecule has 1 fully saturated rings. The number of carbonyl (C=O) groups is 2. The topological polar surface area (TPSA) is 67.9 Å². The van der Waals surface area contributed by atoms with E-state index in [1.807, 2.05) is 30.0 Å². The highest BCUT2D eigenvalue weighted by Gasteiger charge is 2.24. The lowest BCUT2D eigenvalue weighted by molar-refractivity contribution is -0.132. The first-order valence-corrected chi connectivity index (χ1v) is 11.0. The number of halogens is 1. The van der Waals surface area contributed by atoms with Gasteiger partial charge in [-0.25, -0.2) is 0 Å². The van der Waals surface area contributed by atoms with Crippen LogP contribution in [0.3, 0.4) is 0 Å². The van der Waals surface area contributed by atoms with Gasteiger partial charge in [-0.15, -0.1) is 0 Å². The summed E-state index contributed by atoms with van der Waals surface area (Å²) in [7, 11) is 1.61. The third kappa shape index (κ3) is 6.14. The van der Waals surface area contributed by atoms with Crippen LogP contribution in [0.5, 0.6) is 11.5 Å². The molecule has 2 aromatic carbocycles. The van der Waals surface area contributed by atoms with Gasteiger partial charge in [0.25, 0.3) is 5.91 Å². The molecule has 1 aliphatic rings. The van der Waals surface area contributed by atoms with Crippen molar-refractivity contribution in [3.8, 4) is 11.5 Å². The molecule has 7 heteroatoms. The summed E-state index contributed by atoms with van der Waals surface area (Å²) in [5, 5.41) is 3.48. The molecule has 166 valence electrons. The lowest BCUT2D eigenvalue weighted by atomic mass is 10.0. The van der Waals surface area contributed by atoms with Crippen LogP contribution in [-0.4, -0.2) is 49.6 Å². The second-order valence-electron chi connectivity index (χ2n) is 7.53. The third-order valence-corrected chi connectivity index (χ3v) is 5.79. The Morgan fingerprint density at radius 1 is 1.13 bits per heavy atom. The summed E-state index contributed by atoms with van der Waals surface area (Å²) in [4.78, 5) is 27.0. The van der Waals surface area contributed by atoms with Crippen molar-refractivity contribution in [2.24, 2.45) is 0 Å². The van der Waals surface area contributed by atoms with Gasteiger partial charge in [0.2, 0.25) is 5.91 Å². The van der Waals surface area contributed by atoms with Crippen LogP contribution in [-0.2, 0) is 11.2 Å². The van der Waals surface area contributed by atoms with Crippen molar-refractivity contribution in [1.82, 2.24) is 10.2 Å². The molecule has 1 heterocycles. The zero-order chi connectivity index (χ0) is 22.2. The van der Waals surface area contributed by atoms with Crippen LogP contribution < -0.4 is 14.8 Å². The molecule has 0 aromatic heterocycles. The maximum atomic E-state index is 12.7. The fraction of sp³-hybridized carbons (Fsp3) is 0.417. The van der Waals surface area contributed by atoms with Gasteiger partial charge < -0.3 is 19.7 Å². The Balaban J connectivity index is 1.46. The van der Waals surface area contributed by atoms with Crippen LogP contribution in [0.25, 0.3) is 0 Å². The predicted molar refractivity (Wildman–Crippen MR) is 121 cm³/mol. The summed E-state index contributed by atoms with van der Waals surface area (Å²) < 4.78 is 10.9. The van der Waals surface area contributed by atoms with Gasteiger partial charge in [0.05, 0.1) is 24.3 Å². The number of benzene rings is 2. The first-order chi connectivity index (χ1) is 15.0. The standard InChI is InChI=1S/C24H29ClN2O4/c1-3-31-21-10-8-17(16-22(21)30-2)9-11-23(28)27-14-12-18(13-15-27)26-24(29)19-6-4-5-7-20(19)25/h4-8,10,16,18H,3,9,11-15H2,1-2H3,(H,26,29). The summed E-state index contributed by atoms with van der Waals surface area (Å²) in [6.07, 6.45) is 2.55. The van der Waals surface area contributed by atoms with E-state index in [1.54, 1.807) is 31.4 Å². The highest BCUT2D eigenvalue weighted by atomic mass is 35.5. The average molecular weight is 445 g/mol. The summed E-state index contributed by atoms with van der Waals surface area (Å²) in [5.74, 6) is 1.35. The molecular formula is C24H29ClN2O4. The molecule has 1 N–H and O–H groups in total. The molecule has 3 rings (SSSR count). The van der Waals surface area contributed by atoms with E-state index in [9.17, 15) is 9.59 Å². The molecule has 31 heavy (non-hydrogen) atoms. The van der Waals surface area contributed by atoms with Gasteiger partial charge in [0, 0.05) is 25.6 Å². The second-order valence-corrected chi connectivity index (χ2v) is 7.93. The van der Waals surface area contributed by atoms with E-state index in [1.165, 1.54) is 0 Å². The molecule has 1 saturated heterocycles. The molecule has 1 aliphatic heterocycles. The summed E-state index contributed by atoms with van der Waals surface area (Å²) in [6, 6.07) is 12.8. The van der Waals surface area contributed by atoms with E-state index in [-0.39, 0.29) is 17.9 Å². The third-order valence-electron chi connectivity index (χ3n) is 5.46. The fourth-order valence-electron chi connectivity index (χ4n) is 3.73. The molecule has 2 aromatic rings. The molecular weight excluding hydrogens is 416 g/mol. The number of aryl methyl sites for hydroxylation is 1. The van der Waals surface area contributed by atoms with E-state index in [0.29, 0.717) is 54.6 Å². The Morgan fingerprint density at radius 3 is 2.55 bits per heavy atom. The minimum atomic E-state index is -0.167. The van der Waals surface area contributed by atoms with Gasteiger partial charge in [-0.1, -0.05) is 29.8 Å². The Morgan fingerprint density at radius 2 is 1.87 bits per heavy atom. The van der Waals surface area contributed by atoms with Crippen LogP contribution in [0.2, 0.25) is 5.02 Å². The number of ether oxygens (including phenoxy) is 2. The smallest absolute Gasteiger partial charge is 0.253 e. The largest absolute Gasteiger partial charge is 0.493 e. The van der Waals surface area contributed by atoms with E-state index in [4.69, 9.17) is 21.1 Å². The molecule has 0 aliphatic carbocycles. The molecule has 6 nitrogen and oxygen atoms in total. The molecule has 0 radical (unpaired) electrons. The molecule has 0 saturated carbocycles. The molecule has 0 spiro atoms. The van der Waals surface area contributed by atoms with Crippen molar-refractivity contribution < 1.29 is 19.1 Å². The number of carbonyl (C=O) groups excluding carboxylic acids is 2. The average Bonchev–Trinajstić information content (AvgIpc) is 2.79. The first kappa shape index (κ1) is 22.9. The van der Waals surface area contributed by atoms with Crippen molar-refractivity contribution in [2.75, 3.05) is 26.8 Å². The lowest BCUT2D eigenvalue weighted by Crippen LogP contribution is -2.46. The van der Waals surface area contributed by atoms with E-state index in [2.05, 4.69) is 5.32 Å². The van der Waals surface area contributed by atoms with Crippen LogP contribution in [0.4, 0.5) is 0 Å². The fourth-order valence-corrected chi connectivity index (χ4v) is 3.95. The second kappa shape index (κ2) is 11.0. The number of nitrogens with zero attached hydrogens (tertiary/aromatic N) is 1. The Bertz CT molecular complexity index is 910. The molecule has 2 amide bonds. The SMILES string of the molecule is CCOc1ccc(CCC(=O)N2CCC(NC(=O)c3ccccc3Cl)CC2)cc1OC. The van der Waals surface area contributed by atoms with Crippen molar-refractivity contribution in [3.63, 3.8) is 0 Å². The number of amides is 2. The van der Waals surface area contributed by atoms with Crippen molar-refractivity contribution in [3.05, 3.63) is 58.6 Å². The zero-order valence-electron chi connectivity index (χ0n) is 18.0. The number of piperidine rings is 1. The van der Waals surface area contributed by atoms with E-state index in [0.717, 1.165) is 18.4 Å². The minimum absolute atomic E-state index is 0.0446. The minimum Gasteiger partial charge on any atom is -0.493 e. The monoisotopic (exact) mass is 444 g/mol. The lowest BCUT2D eigenvalue weighted by Gasteiger charge is -2.32. The molecule has 0 bridgehead atoms. The van der Waals surface area contributed by atoms with E-state index < -0.39 is 0 Å². The Labute approximate surface area is 188 Å². The quantitative estimate of drug-likeness (QED) is 0.665. The Hall–Kier alpha value is -2.73. The van der Waals surface area contributed by atoms with Gasteiger partial charge in [0.1, 0.15) is 0 Å². The highest BCUT2D eigenvalue weighted by Crippen LogP contribution is 2.28. The van der Waals surface area contributed by atoms with Crippen LogP contribution >= 0.6 is 11.6 Å². The van der Waals surface area contributed by atoms with Gasteiger partial charge in [-0.3, -0.25) is 9.59 Å². The van der Waals surface area contributed by atoms with Gasteiger partial charge in [-0.2, -0.15) is 0 Å². The number of hydrogen-bond donors (Lipinski definition) is 1. The number of nitrogens with one attached hydrogen (secondary N) is 1. The number of likely N-dealkylation sites (tertiary alicyclic amines) is 1. The van der Waals surface area contributed by atoms with Gasteiger partial charge >= 0.3 is 0 Å². The maximum Gasteiger partial charge on any atom is 0.253 e. The Kier molecular flexibility index (Phi) is 8.18. The van der Waals surface area contributed by atoms with Crippen molar-refractivity contribution in [2.45, 2.75) is 38.6 Å². The molecule has 0 atom stereocenters. The maximum absolute atomic E-state index is 12.7. The van der Waals surface area contributed by atoms with E-state index >= 15 is 0 Å². The van der Waals surface area contributed by atoms with Crippen LogP contribution in [0.15, 0.2) is 42.5 Å². The summed E-state index contributed by atoms with van der Waals surface area (Å²) in [5.41, 5.74) is 1.52. The first-order valence-electron chi connectivity index (χ1n) is 10.6. The normalized spacial score (nSPS) is 14.2. The highest BCUT2D eigenvalue weighted by molar-refractivity contribution is 6.33. The summed E-state index contributed by atoms with van der Waals surface area (Å²) in [6.45, 7) is 3.78. The number of rotatable bonds is 8. The van der Waals surface area contributed by atoms with Gasteiger partial charge in [-0.05, 0) is 56.0 Å². The number of methoxy groups -OCH3 is 1.